The normalized spacial score (nSPS) is 26.7. The highest BCUT2D eigenvalue weighted by atomic mass is 32.1. The van der Waals surface area contributed by atoms with Crippen LogP contribution in [0.15, 0.2) is 41.4 Å². The fourth-order valence-corrected chi connectivity index (χ4v) is 4.24. The number of thiophene rings is 1. The lowest BCUT2D eigenvalue weighted by atomic mass is 9.89. The Morgan fingerprint density at radius 3 is 3.21 bits per heavy atom. The molecule has 0 N–H and O–H groups in total. The van der Waals surface area contributed by atoms with Crippen LogP contribution in [0.4, 0.5) is 0 Å². The number of ether oxygens (including phenoxy) is 2. The molecule has 0 saturated carbocycles. The maximum Gasteiger partial charge on any atom is 0.254 e. The number of likely N-dealkylation sites (tertiary alicyclic amines) is 1. The zero-order valence-electron chi connectivity index (χ0n) is 13.4. The van der Waals surface area contributed by atoms with Crippen molar-refractivity contribution in [2.45, 2.75) is 31.0 Å². The van der Waals surface area contributed by atoms with Gasteiger partial charge in [0.2, 0.25) is 0 Å². The summed E-state index contributed by atoms with van der Waals surface area (Å²) >= 11 is 1.55. The largest absolute Gasteiger partial charge is 0.486 e. The number of amides is 1. The van der Waals surface area contributed by atoms with Gasteiger partial charge in [-0.25, -0.2) is 0 Å². The van der Waals surface area contributed by atoms with E-state index in [-0.39, 0.29) is 17.6 Å². The molecule has 126 valence electrons. The molecule has 5 nitrogen and oxygen atoms in total. The van der Waals surface area contributed by atoms with Gasteiger partial charge in [0.05, 0.1) is 30.5 Å². The van der Waals surface area contributed by atoms with Crippen LogP contribution in [0.3, 0.4) is 0 Å². The Morgan fingerprint density at radius 2 is 2.42 bits per heavy atom. The van der Waals surface area contributed by atoms with Crippen LogP contribution in [0.25, 0.3) is 0 Å². The second kappa shape index (κ2) is 6.53. The highest BCUT2D eigenvalue weighted by molar-refractivity contribution is 7.08. The van der Waals surface area contributed by atoms with Crippen LogP contribution >= 0.6 is 11.3 Å². The summed E-state index contributed by atoms with van der Waals surface area (Å²) in [6.07, 6.45) is 6.23. The number of carbonyl (C=O) groups excluding carboxylic acids is 1. The monoisotopic (exact) mass is 344 g/mol. The molecular weight excluding hydrogens is 324 g/mol. The number of hydrogen-bond acceptors (Lipinski definition) is 5. The van der Waals surface area contributed by atoms with Crippen molar-refractivity contribution in [3.05, 3.63) is 46.9 Å². The first kappa shape index (κ1) is 15.6. The Kier molecular flexibility index (Phi) is 4.24. The van der Waals surface area contributed by atoms with E-state index < -0.39 is 0 Å². The third-order valence-electron chi connectivity index (χ3n) is 4.71. The summed E-state index contributed by atoms with van der Waals surface area (Å²) < 4.78 is 12.1. The summed E-state index contributed by atoms with van der Waals surface area (Å²) in [5, 5.41) is 3.85. The van der Waals surface area contributed by atoms with Crippen molar-refractivity contribution in [3.8, 4) is 5.75 Å². The first-order chi connectivity index (χ1) is 11.7. The molecule has 2 atom stereocenters. The van der Waals surface area contributed by atoms with Crippen LogP contribution in [0.2, 0.25) is 0 Å². The lowest BCUT2D eigenvalue weighted by Crippen LogP contribution is -2.50. The third-order valence-corrected chi connectivity index (χ3v) is 5.39. The van der Waals surface area contributed by atoms with Crippen molar-refractivity contribution < 1.29 is 14.3 Å². The molecule has 4 heterocycles. The van der Waals surface area contributed by atoms with Crippen molar-refractivity contribution in [1.29, 1.82) is 0 Å². The zero-order chi connectivity index (χ0) is 16.4. The Hall–Kier alpha value is -1.92. The molecule has 2 aliphatic heterocycles. The summed E-state index contributed by atoms with van der Waals surface area (Å²) in [5.74, 6) is 0.876. The van der Waals surface area contributed by atoms with E-state index in [0.717, 1.165) is 37.1 Å². The predicted molar refractivity (Wildman–Crippen MR) is 91.4 cm³/mol. The Bertz CT molecular complexity index is 692. The van der Waals surface area contributed by atoms with E-state index in [2.05, 4.69) is 4.98 Å². The molecule has 0 unspecified atom stereocenters. The smallest absolute Gasteiger partial charge is 0.254 e. The number of piperidine rings is 1. The molecule has 1 amide bonds. The minimum atomic E-state index is -0.267. The number of rotatable bonds is 3. The van der Waals surface area contributed by atoms with Crippen molar-refractivity contribution in [1.82, 2.24) is 9.88 Å². The molecule has 2 saturated heterocycles. The molecule has 4 rings (SSSR count). The molecular formula is C18H20N2O3S. The Balaban J connectivity index is 1.41. The van der Waals surface area contributed by atoms with E-state index in [9.17, 15) is 4.79 Å². The van der Waals surface area contributed by atoms with Gasteiger partial charge in [0.1, 0.15) is 11.9 Å². The highest BCUT2D eigenvalue weighted by Gasteiger charge is 2.45. The van der Waals surface area contributed by atoms with Gasteiger partial charge in [-0.2, -0.15) is 11.3 Å². The van der Waals surface area contributed by atoms with Crippen LogP contribution in [0.1, 0.15) is 29.6 Å². The molecule has 0 aliphatic carbocycles. The summed E-state index contributed by atoms with van der Waals surface area (Å²) in [7, 11) is 0. The van der Waals surface area contributed by atoms with Gasteiger partial charge in [-0.05, 0) is 36.4 Å². The topological polar surface area (TPSA) is 51.7 Å². The van der Waals surface area contributed by atoms with Crippen LogP contribution in [-0.4, -0.2) is 47.2 Å². The van der Waals surface area contributed by atoms with Crippen LogP contribution in [0.5, 0.6) is 5.75 Å². The van der Waals surface area contributed by atoms with Crippen molar-refractivity contribution >= 4 is 17.2 Å². The zero-order valence-corrected chi connectivity index (χ0v) is 14.2. The number of pyridine rings is 1. The van der Waals surface area contributed by atoms with E-state index in [1.54, 1.807) is 23.7 Å². The minimum Gasteiger partial charge on any atom is -0.486 e. The van der Waals surface area contributed by atoms with Crippen molar-refractivity contribution in [2.75, 3.05) is 19.7 Å². The fraction of sp³-hybridized carbons (Fsp3) is 0.444. The molecule has 2 aromatic heterocycles. The second-order valence-corrected chi connectivity index (χ2v) is 7.25. The molecule has 1 spiro atoms. The second-order valence-electron chi connectivity index (χ2n) is 6.47. The Labute approximate surface area is 145 Å². The van der Waals surface area contributed by atoms with E-state index in [1.807, 2.05) is 33.9 Å². The van der Waals surface area contributed by atoms with Gasteiger partial charge in [-0.15, -0.1) is 0 Å². The van der Waals surface area contributed by atoms with Crippen LogP contribution < -0.4 is 4.74 Å². The maximum atomic E-state index is 12.6. The maximum absolute atomic E-state index is 12.6. The first-order valence-electron chi connectivity index (χ1n) is 8.26. The average molecular weight is 344 g/mol. The number of carbonyl (C=O) groups is 1. The molecule has 2 fully saturated rings. The molecule has 6 heteroatoms. The average Bonchev–Trinajstić information content (AvgIpc) is 3.26. The van der Waals surface area contributed by atoms with Gasteiger partial charge in [0.25, 0.3) is 5.91 Å². The van der Waals surface area contributed by atoms with Crippen LogP contribution in [-0.2, 0) is 4.74 Å². The number of hydrogen-bond donors (Lipinski definition) is 0. The van der Waals surface area contributed by atoms with Gasteiger partial charge >= 0.3 is 0 Å². The van der Waals surface area contributed by atoms with E-state index in [0.29, 0.717) is 13.2 Å². The van der Waals surface area contributed by atoms with Gasteiger partial charge in [-0.3, -0.25) is 9.78 Å². The molecule has 0 aromatic carbocycles. The van der Waals surface area contributed by atoms with Gasteiger partial charge in [0.15, 0.2) is 0 Å². The van der Waals surface area contributed by atoms with E-state index in [4.69, 9.17) is 9.47 Å². The number of aromatic nitrogens is 1. The third kappa shape index (κ3) is 3.16. The molecule has 2 aromatic rings. The molecule has 0 radical (unpaired) electrons. The summed E-state index contributed by atoms with van der Waals surface area (Å²) in [6, 6.07) is 5.66. The van der Waals surface area contributed by atoms with Gasteiger partial charge in [-0.1, -0.05) is 0 Å². The summed E-state index contributed by atoms with van der Waals surface area (Å²) in [5.41, 5.74) is 0.509. The van der Waals surface area contributed by atoms with Crippen molar-refractivity contribution in [2.24, 2.45) is 0 Å². The predicted octanol–water partition coefficient (Wildman–Crippen LogP) is 2.99. The highest BCUT2D eigenvalue weighted by Crippen LogP contribution is 2.36. The Morgan fingerprint density at radius 1 is 1.46 bits per heavy atom. The molecule has 0 bridgehead atoms. The summed E-state index contributed by atoms with van der Waals surface area (Å²) in [4.78, 5) is 18.6. The molecule has 2 aliphatic rings. The molecule has 24 heavy (non-hydrogen) atoms. The van der Waals surface area contributed by atoms with Gasteiger partial charge in [0, 0.05) is 24.5 Å². The van der Waals surface area contributed by atoms with E-state index in [1.165, 1.54) is 0 Å². The van der Waals surface area contributed by atoms with E-state index >= 15 is 0 Å². The standard InChI is InChI=1S/C18H20N2O3S/c21-17(14-4-8-24-12-14)20-7-2-5-18(13-20)9-16(11-22-18)23-15-3-1-6-19-10-15/h1,3-4,6,8,10,12,16H,2,5,7,9,11,13H2/t16-,18+/m0/s1. The number of nitrogens with zero attached hydrogens (tertiary/aromatic N) is 2. The van der Waals surface area contributed by atoms with Gasteiger partial charge < -0.3 is 14.4 Å². The minimum absolute atomic E-state index is 0.0189. The quantitative estimate of drug-likeness (QED) is 0.859. The SMILES string of the molecule is O=C(c1ccsc1)N1CCC[C@@]2(C[C@H](Oc3cccnc3)CO2)C1. The van der Waals surface area contributed by atoms with Crippen molar-refractivity contribution in [3.63, 3.8) is 0 Å². The first-order valence-corrected chi connectivity index (χ1v) is 9.21. The fourth-order valence-electron chi connectivity index (χ4n) is 3.61. The summed E-state index contributed by atoms with van der Waals surface area (Å²) in [6.45, 7) is 2.01. The lowest BCUT2D eigenvalue weighted by Gasteiger charge is -2.39. The van der Waals surface area contributed by atoms with Crippen LogP contribution in [0, 0.1) is 0 Å². The lowest BCUT2D eigenvalue weighted by molar-refractivity contribution is -0.0453.